The molecule has 0 aliphatic carbocycles. The van der Waals surface area contributed by atoms with Crippen LogP contribution in [0.3, 0.4) is 0 Å². The van der Waals surface area contributed by atoms with Crippen LogP contribution in [0.1, 0.15) is 16.1 Å². The lowest BCUT2D eigenvalue weighted by atomic mass is 10.0. The molecule has 0 bridgehead atoms. The van der Waals surface area contributed by atoms with Crippen molar-refractivity contribution in [2.75, 3.05) is 0 Å². The fourth-order valence-electron chi connectivity index (χ4n) is 2.00. The van der Waals surface area contributed by atoms with Crippen molar-refractivity contribution in [3.8, 4) is 0 Å². The topological polar surface area (TPSA) is 54.6 Å². The number of rotatable bonds is 3. The first-order valence-corrected chi connectivity index (χ1v) is 6.19. The SMILES string of the molecule is O=C(N/N=C/c1ccco1)c1cccc2ccccc12. The van der Waals surface area contributed by atoms with Crippen molar-refractivity contribution < 1.29 is 9.21 Å². The number of furan rings is 1. The molecule has 1 N–H and O–H groups in total. The molecule has 0 aliphatic rings. The molecule has 1 aromatic heterocycles. The van der Waals surface area contributed by atoms with Gasteiger partial charge in [0.2, 0.25) is 0 Å². The largest absolute Gasteiger partial charge is 0.463 e. The van der Waals surface area contributed by atoms with Crippen LogP contribution in [0.5, 0.6) is 0 Å². The minimum Gasteiger partial charge on any atom is -0.463 e. The van der Waals surface area contributed by atoms with E-state index in [1.165, 1.54) is 6.21 Å². The molecule has 4 nitrogen and oxygen atoms in total. The highest BCUT2D eigenvalue weighted by Gasteiger charge is 2.08. The summed E-state index contributed by atoms with van der Waals surface area (Å²) in [5.41, 5.74) is 3.10. The van der Waals surface area contributed by atoms with E-state index in [0.29, 0.717) is 11.3 Å². The van der Waals surface area contributed by atoms with Gasteiger partial charge in [0, 0.05) is 5.56 Å². The molecule has 98 valence electrons. The molecule has 0 spiro atoms. The van der Waals surface area contributed by atoms with E-state index < -0.39 is 0 Å². The maximum Gasteiger partial charge on any atom is 0.271 e. The number of carbonyl (C=O) groups is 1. The summed E-state index contributed by atoms with van der Waals surface area (Å²) in [5.74, 6) is 0.341. The summed E-state index contributed by atoms with van der Waals surface area (Å²) in [6, 6.07) is 16.9. The van der Waals surface area contributed by atoms with E-state index in [-0.39, 0.29) is 5.91 Å². The first-order chi connectivity index (χ1) is 9.84. The highest BCUT2D eigenvalue weighted by atomic mass is 16.3. The quantitative estimate of drug-likeness (QED) is 0.583. The molecule has 0 saturated carbocycles. The van der Waals surface area contributed by atoms with Gasteiger partial charge >= 0.3 is 0 Å². The molecule has 1 amide bonds. The predicted molar refractivity (Wildman–Crippen MR) is 77.7 cm³/mol. The van der Waals surface area contributed by atoms with Crippen molar-refractivity contribution in [1.82, 2.24) is 5.43 Å². The zero-order chi connectivity index (χ0) is 13.8. The van der Waals surface area contributed by atoms with Gasteiger partial charge in [0.05, 0.1) is 12.5 Å². The van der Waals surface area contributed by atoms with Crippen LogP contribution in [-0.4, -0.2) is 12.1 Å². The van der Waals surface area contributed by atoms with E-state index in [9.17, 15) is 4.79 Å². The van der Waals surface area contributed by atoms with E-state index in [1.807, 2.05) is 36.4 Å². The molecule has 20 heavy (non-hydrogen) atoms. The summed E-state index contributed by atoms with van der Waals surface area (Å²) in [6.45, 7) is 0. The summed E-state index contributed by atoms with van der Waals surface area (Å²) in [7, 11) is 0. The van der Waals surface area contributed by atoms with E-state index >= 15 is 0 Å². The highest BCUT2D eigenvalue weighted by Crippen LogP contribution is 2.18. The van der Waals surface area contributed by atoms with Crippen molar-refractivity contribution in [2.24, 2.45) is 5.10 Å². The minimum absolute atomic E-state index is 0.246. The van der Waals surface area contributed by atoms with Gasteiger partial charge in [-0.25, -0.2) is 5.43 Å². The normalized spacial score (nSPS) is 11.0. The lowest BCUT2D eigenvalue weighted by Gasteiger charge is -2.04. The predicted octanol–water partition coefficient (Wildman–Crippen LogP) is 3.20. The Morgan fingerprint density at radius 2 is 1.90 bits per heavy atom. The second-order valence-corrected chi connectivity index (χ2v) is 4.24. The van der Waals surface area contributed by atoms with Crippen molar-refractivity contribution in [3.63, 3.8) is 0 Å². The highest BCUT2D eigenvalue weighted by molar-refractivity contribution is 6.07. The van der Waals surface area contributed by atoms with Crippen molar-refractivity contribution >= 4 is 22.9 Å². The molecule has 3 aromatic rings. The van der Waals surface area contributed by atoms with Gasteiger partial charge in [-0.3, -0.25) is 4.79 Å². The Kier molecular flexibility index (Phi) is 3.29. The van der Waals surface area contributed by atoms with E-state index in [1.54, 1.807) is 24.5 Å². The summed E-state index contributed by atoms with van der Waals surface area (Å²) < 4.78 is 5.09. The third-order valence-electron chi connectivity index (χ3n) is 2.94. The average Bonchev–Trinajstić information content (AvgIpc) is 3.00. The molecule has 0 saturated heterocycles. The Morgan fingerprint density at radius 1 is 1.05 bits per heavy atom. The van der Waals surface area contributed by atoms with Crippen LogP contribution in [0, 0.1) is 0 Å². The van der Waals surface area contributed by atoms with Crippen LogP contribution in [0.15, 0.2) is 70.4 Å². The van der Waals surface area contributed by atoms with Crippen LogP contribution in [0.2, 0.25) is 0 Å². The summed E-state index contributed by atoms with van der Waals surface area (Å²) in [5, 5.41) is 5.81. The zero-order valence-electron chi connectivity index (χ0n) is 10.6. The third kappa shape index (κ3) is 2.44. The van der Waals surface area contributed by atoms with E-state index in [2.05, 4.69) is 10.5 Å². The fourth-order valence-corrected chi connectivity index (χ4v) is 2.00. The molecule has 0 unspecified atom stereocenters. The number of amides is 1. The Labute approximate surface area is 115 Å². The zero-order valence-corrected chi connectivity index (χ0v) is 10.6. The Bertz CT molecular complexity index is 756. The van der Waals surface area contributed by atoms with Crippen LogP contribution in [-0.2, 0) is 0 Å². The van der Waals surface area contributed by atoms with Crippen molar-refractivity contribution in [2.45, 2.75) is 0 Å². The number of hydrazone groups is 1. The first kappa shape index (κ1) is 12.2. The van der Waals surface area contributed by atoms with E-state index in [0.717, 1.165) is 10.8 Å². The van der Waals surface area contributed by atoms with Crippen LogP contribution in [0.4, 0.5) is 0 Å². The molecule has 0 aliphatic heterocycles. The fraction of sp³-hybridized carbons (Fsp3) is 0. The van der Waals surface area contributed by atoms with Gasteiger partial charge in [-0.1, -0.05) is 36.4 Å². The Balaban J connectivity index is 1.82. The van der Waals surface area contributed by atoms with Crippen LogP contribution in [0.25, 0.3) is 10.8 Å². The van der Waals surface area contributed by atoms with Gasteiger partial charge in [-0.15, -0.1) is 0 Å². The number of nitrogens with one attached hydrogen (secondary N) is 1. The van der Waals surface area contributed by atoms with Gasteiger partial charge in [0.25, 0.3) is 5.91 Å². The average molecular weight is 264 g/mol. The number of fused-ring (bicyclic) bond motifs is 1. The lowest BCUT2D eigenvalue weighted by Crippen LogP contribution is -2.17. The molecule has 0 atom stereocenters. The molecular formula is C16H12N2O2. The smallest absolute Gasteiger partial charge is 0.271 e. The molecule has 0 radical (unpaired) electrons. The van der Waals surface area contributed by atoms with Crippen LogP contribution < -0.4 is 5.43 Å². The maximum atomic E-state index is 12.1. The van der Waals surface area contributed by atoms with E-state index in [4.69, 9.17) is 4.42 Å². The monoisotopic (exact) mass is 264 g/mol. The van der Waals surface area contributed by atoms with Crippen molar-refractivity contribution in [1.29, 1.82) is 0 Å². The van der Waals surface area contributed by atoms with Crippen LogP contribution >= 0.6 is 0 Å². The molecule has 0 fully saturated rings. The number of carbonyl (C=O) groups excluding carboxylic acids is 1. The molecule has 4 heteroatoms. The molecular weight excluding hydrogens is 252 g/mol. The van der Waals surface area contributed by atoms with Gasteiger partial charge < -0.3 is 4.42 Å². The van der Waals surface area contributed by atoms with Crippen molar-refractivity contribution in [3.05, 3.63) is 72.2 Å². The van der Waals surface area contributed by atoms with Gasteiger partial charge in [-0.2, -0.15) is 5.10 Å². The second-order valence-electron chi connectivity index (χ2n) is 4.24. The maximum absolute atomic E-state index is 12.1. The summed E-state index contributed by atoms with van der Waals surface area (Å²) in [6.07, 6.45) is 3.01. The van der Waals surface area contributed by atoms with Gasteiger partial charge in [-0.05, 0) is 29.0 Å². The minimum atomic E-state index is -0.246. The number of hydrogen-bond acceptors (Lipinski definition) is 3. The Hall–Kier alpha value is -2.88. The first-order valence-electron chi connectivity index (χ1n) is 6.19. The summed E-state index contributed by atoms with van der Waals surface area (Å²) >= 11 is 0. The molecule has 1 heterocycles. The standard InChI is InChI=1S/C16H12N2O2/c19-16(18-17-11-13-7-4-10-20-13)15-9-3-6-12-5-1-2-8-14(12)15/h1-11H,(H,18,19)/b17-11+. The van der Waals surface area contributed by atoms with Gasteiger partial charge in [0.1, 0.15) is 5.76 Å². The summed E-state index contributed by atoms with van der Waals surface area (Å²) in [4.78, 5) is 12.1. The molecule has 2 aromatic carbocycles. The lowest BCUT2D eigenvalue weighted by molar-refractivity contribution is 0.0957. The number of benzene rings is 2. The number of nitrogens with zero attached hydrogens (tertiary/aromatic N) is 1. The third-order valence-corrected chi connectivity index (χ3v) is 2.94. The van der Waals surface area contributed by atoms with Gasteiger partial charge in [0.15, 0.2) is 0 Å². The number of hydrogen-bond donors (Lipinski definition) is 1. The second kappa shape index (κ2) is 5.40. The Morgan fingerprint density at radius 3 is 2.75 bits per heavy atom. The molecule has 3 rings (SSSR count).